The van der Waals surface area contributed by atoms with Gasteiger partial charge in [0.15, 0.2) is 11.0 Å². The van der Waals surface area contributed by atoms with Crippen LogP contribution in [0.1, 0.15) is 0 Å². The monoisotopic (exact) mass is 234 g/mol. The molecule has 0 fully saturated rings. The SMILES string of the molecule is CSc1nc(N)nc(-c2ccccc2O)n1. The smallest absolute Gasteiger partial charge is 0.224 e. The average Bonchev–Trinajstić information content (AvgIpc) is 2.28. The second-order valence-corrected chi connectivity index (χ2v) is 3.79. The Morgan fingerprint density at radius 3 is 2.62 bits per heavy atom. The Bertz CT molecular complexity index is 518. The van der Waals surface area contributed by atoms with Gasteiger partial charge in [0, 0.05) is 0 Å². The van der Waals surface area contributed by atoms with E-state index in [1.54, 1.807) is 24.3 Å². The molecule has 16 heavy (non-hydrogen) atoms. The van der Waals surface area contributed by atoms with Crippen LogP contribution in [0.2, 0.25) is 0 Å². The number of nitrogens with two attached hydrogens (primary N) is 1. The van der Waals surface area contributed by atoms with Gasteiger partial charge in [-0.15, -0.1) is 0 Å². The number of nitrogens with zero attached hydrogens (tertiary/aromatic N) is 3. The summed E-state index contributed by atoms with van der Waals surface area (Å²) < 4.78 is 0. The lowest BCUT2D eigenvalue weighted by atomic mass is 10.2. The summed E-state index contributed by atoms with van der Waals surface area (Å²) >= 11 is 1.37. The van der Waals surface area contributed by atoms with E-state index in [4.69, 9.17) is 5.73 Å². The molecule has 6 heteroatoms. The second kappa shape index (κ2) is 4.36. The zero-order valence-corrected chi connectivity index (χ0v) is 9.40. The van der Waals surface area contributed by atoms with Gasteiger partial charge in [0.1, 0.15) is 5.75 Å². The van der Waals surface area contributed by atoms with E-state index in [0.29, 0.717) is 16.5 Å². The van der Waals surface area contributed by atoms with E-state index in [2.05, 4.69) is 15.0 Å². The molecule has 1 aromatic heterocycles. The molecule has 2 rings (SSSR count). The molecule has 0 amide bonds. The first kappa shape index (κ1) is 10.7. The van der Waals surface area contributed by atoms with Crippen molar-refractivity contribution < 1.29 is 5.11 Å². The van der Waals surface area contributed by atoms with E-state index in [1.165, 1.54) is 11.8 Å². The fraction of sp³-hybridized carbons (Fsp3) is 0.100. The number of anilines is 1. The third kappa shape index (κ3) is 2.06. The van der Waals surface area contributed by atoms with Gasteiger partial charge < -0.3 is 10.8 Å². The molecule has 0 spiro atoms. The van der Waals surface area contributed by atoms with Crippen LogP contribution in [0, 0.1) is 0 Å². The van der Waals surface area contributed by atoms with Crippen molar-refractivity contribution in [3.05, 3.63) is 24.3 Å². The van der Waals surface area contributed by atoms with E-state index in [0.717, 1.165) is 0 Å². The number of para-hydroxylation sites is 1. The molecule has 0 bridgehead atoms. The summed E-state index contributed by atoms with van der Waals surface area (Å²) in [6.07, 6.45) is 1.85. The van der Waals surface area contributed by atoms with Gasteiger partial charge in [-0.3, -0.25) is 0 Å². The van der Waals surface area contributed by atoms with E-state index in [1.807, 2.05) is 6.26 Å². The van der Waals surface area contributed by atoms with E-state index >= 15 is 0 Å². The number of nitrogen functional groups attached to an aromatic ring is 1. The predicted molar refractivity (Wildman–Crippen MR) is 63.1 cm³/mol. The largest absolute Gasteiger partial charge is 0.507 e. The maximum absolute atomic E-state index is 9.67. The molecule has 0 aliphatic rings. The van der Waals surface area contributed by atoms with Crippen LogP contribution in [-0.2, 0) is 0 Å². The van der Waals surface area contributed by atoms with Crippen LogP contribution in [0.3, 0.4) is 0 Å². The van der Waals surface area contributed by atoms with Crippen molar-refractivity contribution in [3.63, 3.8) is 0 Å². The highest BCUT2D eigenvalue weighted by atomic mass is 32.2. The topological polar surface area (TPSA) is 84.9 Å². The number of rotatable bonds is 2. The van der Waals surface area contributed by atoms with Crippen LogP contribution in [0.25, 0.3) is 11.4 Å². The molecule has 3 N–H and O–H groups in total. The lowest BCUT2D eigenvalue weighted by molar-refractivity contribution is 0.477. The van der Waals surface area contributed by atoms with Crippen molar-refractivity contribution in [3.8, 4) is 17.1 Å². The van der Waals surface area contributed by atoms with Crippen molar-refractivity contribution in [2.75, 3.05) is 12.0 Å². The maximum Gasteiger partial charge on any atom is 0.224 e. The minimum Gasteiger partial charge on any atom is -0.507 e. The Kier molecular flexibility index (Phi) is 2.91. The van der Waals surface area contributed by atoms with E-state index in [-0.39, 0.29) is 11.7 Å². The minimum absolute atomic E-state index is 0.125. The maximum atomic E-state index is 9.67. The van der Waals surface area contributed by atoms with Gasteiger partial charge in [0.25, 0.3) is 0 Å². The van der Waals surface area contributed by atoms with Crippen molar-refractivity contribution in [2.45, 2.75) is 5.16 Å². The Hall–Kier alpha value is -1.82. The van der Waals surface area contributed by atoms with Crippen LogP contribution in [0.5, 0.6) is 5.75 Å². The van der Waals surface area contributed by atoms with Crippen LogP contribution >= 0.6 is 11.8 Å². The molecule has 0 saturated heterocycles. The average molecular weight is 234 g/mol. The van der Waals surface area contributed by atoms with Crippen LogP contribution < -0.4 is 5.73 Å². The fourth-order valence-electron chi connectivity index (χ4n) is 1.25. The van der Waals surface area contributed by atoms with Crippen molar-refractivity contribution in [1.82, 2.24) is 15.0 Å². The summed E-state index contributed by atoms with van der Waals surface area (Å²) in [6, 6.07) is 6.84. The number of aromatic nitrogens is 3. The summed E-state index contributed by atoms with van der Waals surface area (Å²) in [5.74, 6) is 0.660. The zero-order chi connectivity index (χ0) is 11.5. The molecule has 5 nitrogen and oxygen atoms in total. The first-order valence-electron chi connectivity index (χ1n) is 4.54. The minimum atomic E-state index is 0.125. The van der Waals surface area contributed by atoms with Crippen LogP contribution in [0.15, 0.2) is 29.4 Å². The summed E-state index contributed by atoms with van der Waals surface area (Å²) in [5.41, 5.74) is 6.11. The zero-order valence-electron chi connectivity index (χ0n) is 8.58. The molecule has 0 unspecified atom stereocenters. The first-order chi connectivity index (χ1) is 7.70. The van der Waals surface area contributed by atoms with Gasteiger partial charge in [-0.1, -0.05) is 23.9 Å². The number of thioether (sulfide) groups is 1. The van der Waals surface area contributed by atoms with Gasteiger partial charge in [0.2, 0.25) is 5.95 Å². The Morgan fingerprint density at radius 1 is 1.19 bits per heavy atom. The molecular formula is C10H10N4OS. The lowest BCUT2D eigenvalue weighted by Gasteiger charge is -2.04. The van der Waals surface area contributed by atoms with E-state index < -0.39 is 0 Å². The summed E-state index contributed by atoms with van der Waals surface area (Å²) in [4.78, 5) is 12.1. The number of phenols is 1. The molecule has 0 saturated carbocycles. The highest BCUT2D eigenvalue weighted by molar-refractivity contribution is 7.98. The quantitative estimate of drug-likeness (QED) is 0.767. The summed E-state index contributed by atoms with van der Waals surface area (Å²) in [7, 11) is 0. The van der Waals surface area contributed by atoms with E-state index in [9.17, 15) is 5.11 Å². The third-order valence-corrected chi connectivity index (χ3v) is 2.51. The van der Waals surface area contributed by atoms with Gasteiger partial charge in [-0.25, -0.2) is 4.98 Å². The standard InChI is InChI=1S/C10H10N4OS/c1-16-10-13-8(12-9(11)14-10)6-4-2-3-5-7(6)15/h2-5,15H,1H3,(H2,11,12,13,14). The lowest BCUT2D eigenvalue weighted by Crippen LogP contribution is -2.01. The molecule has 1 aromatic carbocycles. The molecular weight excluding hydrogens is 224 g/mol. The highest BCUT2D eigenvalue weighted by Crippen LogP contribution is 2.26. The second-order valence-electron chi connectivity index (χ2n) is 3.02. The van der Waals surface area contributed by atoms with Crippen LogP contribution in [-0.4, -0.2) is 26.3 Å². The molecule has 0 radical (unpaired) electrons. The number of phenolic OH excluding ortho intramolecular Hbond substituents is 1. The fourth-order valence-corrected chi connectivity index (χ4v) is 1.61. The molecule has 0 aliphatic heterocycles. The van der Waals surface area contributed by atoms with Gasteiger partial charge in [-0.05, 0) is 18.4 Å². The Labute approximate surface area is 96.8 Å². The predicted octanol–water partition coefficient (Wildman–Crippen LogP) is 1.55. The first-order valence-corrected chi connectivity index (χ1v) is 5.77. The summed E-state index contributed by atoms with van der Waals surface area (Å²) in [5, 5.41) is 10.2. The Morgan fingerprint density at radius 2 is 1.94 bits per heavy atom. The number of hydrogen-bond donors (Lipinski definition) is 2. The number of benzene rings is 1. The number of hydrogen-bond acceptors (Lipinski definition) is 6. The highest BCUT2D eigenvalue weighted by Gasteiger charge is 2.09. The normalized spacial score (nSPS) is 10.3. The molecule has 2 aromatic rings. The van der Waals surface area contributed by atoms with Gasteiger partial charge >= 0.3 is 0 Å². The molecule has 82 valence electrons. The molecule has 0 atom stereocenters. The summed E-state index contributed by atoms with van der Waals surface area (Å²) in [6.45, 7) is 0. The van der Waals surface area contributed by atoms with Gasteiger partial charge in [-0.2, -0.15) is 9.97 Å². The number of aromatic hydroxyl groups is 1. The van der Waals surface area contributed by atoms with Crippen molar-refractivity contribution >= 4 is 17.7 Å². The van der Waals surface area contributed by atoms with Crippen molar-refractivity contribution in [2.24, 2.45) is 0 Å². The van der Waals surface area contributed by atoms with Crippen molar-refractivity contribution in [1.29, 1.82) is 0 Å². The van der Waals surface area contributed by atoms with Gasteiger partial charge in [0.05, 0.1) is 5.56 Å². The molecule has 1 heterocycles. The third-order valence-electron chi connectivity index (χ3n) is 1.96. The van der Waals surface area contributed by atoms with Crippen LogP contribution in [0.4, 0.5) is 5.95 Å². The molecule has 0 aliphatic carbocycles. The Balaban J connectivity index is 2.56.